The van der Waals surface area contributed by atoms with Gasteiger partial charge in [0.25, 0.3) is 5.56 Å². The molecule has 0 bridgehead atoms. The van der Waals surface area contributed by atoms with E-state index in [1.165, 1.54) is 11.5 Å². The van der Waals surface area contributed by atoms with Crippen LogP contribution in [0.3, 0.4) is 0 Å². The van der Waals surface area contributed by atoms with E-state index in [4.69, 9.17) is 16.3 Å². The Labute approximate surface area is 98.8 Å². The zero-order chi connectivity index (χ0) is 11.3. The van der Waals surface area contributed by atoms with E-state index < -0.39 is 0 Å². The summed E-state index contributed by atoms with van der Waals surface area (Å²) in [6.45, 7) is 5.43. The first-order chi connectivity index (χ1) is 7.15. The number of nitrogens with zero attached hydrogens (tertiary/aromatic N) is 1. The summed E-state index contributed by atoms with van der Waals surface area (Å²) in [5.41, 5.74) is -0.118. The van der Waals surface area contributed by atoms with Crippen molar-refractivity contribution in [2.45, 2.75) is 39.3 Å². The van der Waals surface area contributed by atoms with Gasteiger partial charge in [-0.3, -0.25) is 8.75 Å². The molecule has 0 aliphatic carbocycles. The number of rotatable bonds is 6. The Morgan fingerprint density at radius 3 is 2.93 bits per heavy atom. The number of halogens is 1. The highest BCUT2D eigenvalue weighted by molar-refractivity contribution is 7.04. The quantitative estimate of drug-likeness (QED) is 0.726. The lowest BCUT2D eigenvalue weighted by atomic mass is 10.3. The highest BCUT2D eigenvalue weighted by Gasteiger charge is 2.08. The maximum Gasteiger partial charge on any atom is 0.279 e. The molecule has 15 heavy (non-hydrogen) atoms. The lowest BCUT2D eigenvalue weighted by Gasteiger charge is -2.12. The van der Waals surface area contributed by atoms with Crippen molar-refractivity contribution in [3.8, 4) is 0 Å². The Balaban J connectivity index is 2.41. The Bertz CT molecular complexity index is 347. The molecule has 1 rings (SSSR count). The number of aromatic nitrogens is 1. The summed E-state index contributed by atoms with van der Waals surface area (Å²) in [5.74, 6) is 0. The van der Waals surface area contributed by atoms with Crippen LogP contribution in [0.15, 0.2) is 10.2 Å². The third-order valence-corrected chi connectivity index (χ3v) is 3.35. The lowest BCUT2D eigenvalue weighted by molar-refractivity contribution is 0.0539. The van der Waals surface area contributed by atoms with E-state index in [0.717, 1.165) is 19.4 Å². The minimum atomic E-state index is -0.118. The van der Waals surface area contributed by atoms with Crippen LogP contribution in [0.5, 0.6) is 0 Å². The van der Waals surface area contributed by atoms with Crippen LogP contribution in [0, 0.1) is 0 Å². The Morgan fingerprint density at radius 1 is 1.67 bits per heavy atom. The highest BCUT2D eigenvalue weighted by atomic mass is 35.5. The van der Waals surface area contributed by atoms with Gasteiger partial charge < -0.3 is 4.74 Å². The number of hydrogen-bond acceptors (Lipinski definition) is 3. The molecule has 1 unspecified atom stereocenters. The molecule has 0 saturated heterocycles. The summed E-state index contributed by atoms with van der Waals surface area (Å²) in [6.07, 6.45) is 2.24. The first-order valence-corrected chi connectivity index (χ1v) is 6.32. The Kier molecular flexibility index (Phi) is 5.36. The summed E-state index contributed by atoms with van der Waals surface area (Å²) in [4.78, 5) is 11.4. The molecule has 86 valence electrons. The molecule has 1 aromatic rings. The molecule has 0 fully saturated rings. The van der Waals surface area contributed by atoms with Gasteiger partial charge in [0, 0.05) is 12.0 Å². The van der Waals surface area contributed by atoms with Crippen LogP contribution in [-0.2, 0) is 11.3 Å². The zero-order valence-corrected chi connectivity index (χ0v) is 10.6. The average molecular weight is 250 g/mol. The van der Waals surface area contributed by atoms with Gasteiger partial charge in [-0.2, -0.15) is 0 Å². The fraction of sp³-hybridized carbons (Fsp3) is 0.700. The van der Waals surface area contributed by atoms with Gasteiger partial charge in [0.05, 0.1) is 12.6 Å². The smallest absolute Gasteiger partial charge is 0.279 e. The lowest BCUT2D eigenvalue weighted by Crippen LogP contribution is -2.22. The first-order valence-electron chi connectivity index (χ1n) is 5.11. The van der Waals surface area contributed by atoms with Gasteiger partial charge in [0.1, 0.15) is 5.02 Å². The molecule has 3 nitrogen and oxygen atoms in total. The van der Waals surface area contributed by atoms with Crippen molar-refractivity contribution in [1.82, 2.24) is 3.96 Å². The van der Waals surface area contributed by atoms with Crippen molar-refractivity contribution < 1.29 is 4.74 Å². The highest BCUT2D eigenvalue weighted by Crippen LogP contribution is 2.08. The summed E-state index contributed by atoms with van der Waals surface area (Å²) >= 11 is 7.01. The average Bonchev–Trinajstić information content (AvgIpc) is 2.50. The van der Waals surface area contributed by atoms with Crippen LogP contribution in [0.4, 0.5) is 0 Å². The molecule has 0 aliphatic heterocycles. The molecule has 1 aromatic heterocycles. The van der Waals surface area contributed by atoms with Crippen LogP contribution >= 0.6 is 23.1 Å². The van der Waals surface area contributed by atoms with Crippen LogP contribution in [0.25, 0.3) is 0 Å². The molecule has 0 amide bonds. The van der Waals surface area contributed by atoms with Crippen molar-refractivity contribution in [3.63, 3.8) is 0 Å². The number of hydrogen-bond donors (Lipinski definition) is 0. The summed E-state index contributed by atoms with van der Waals surface area (Å²) in [6, 6.07) is 0. The van der Waals surface area contributed by atoms with E-state index in [-0.39, 0.29) is 11.7 Å². The summed E-state index contributed by atoms with van der Waals surface area (Å²) < 4.78 is 7.18. The third-order valence-electron chi connectivity index (χ3n) is 2.04. The molecule has 0 saturated carbocycles. The second-order valence-corrected chi connectivity index (χ2v) is 4.77. The van der Waals surface area contributed by atoms with Crippen molar-refractivity contribution in [3.05, 3.63) is 20.8 Å². The van der Waals surface area contributed by atoms with E-state index in [1.807, 2.05) is 6.92 Å². The molecule has 0 N–H and O–H groups in total. The second kappa shape index (κ2) is 6.30. The standard InChI is InChI=1S/C10H16ClNO2S/c1-3-4-5-14-8(2)6-12-10(13)9(11)7-15-12/h7-8H,3-6H2,1-2H3. The summed E-state index contributed by atoms with van der Waals surface area (Å²) in [5, 5.41) is 1.95. The summed E-state index contributed by atoms with van der Waals surface area (Å²) in [7, 11) is 0. The molecule has 1 heterocycles. The predicted octanol–water partition coefficient (Wildman–Crippen LogP) is 2.77. The number of unbranched alkanes of at least 4 members (excludes halogenated alkanes) is 1. The Morgan fingerprint density at radius 2 is 2.40 bits per heavy atom. The van der Waals surface area contributed by atoms with E-state index in [0.29, 0.717) is 11.6 Å². The van der Waals surface area contributed by atoms with Gasteiger partial charge in [-0.1, -0.05) is 36.5 Å². The fourth-order valence-electron chi connectivity index (χ4n) is 1.17. The van der Waals surface area contributed by atoms with Crippen LogP contribution in [-0.4, -0.2) is 16.7 Å². The van der Waals surface area contributed by atoms with Crippen molar-refractivity contribution in [2.75, 3.05) is 6.61 Å². The van der Waals surface area contributed by atoms with Crippen LogP contribution < -0.4 is 5.56 Å². The van der Waals surface area contributed by atoms with Gasteiger partial charge in [-0.05, 0) is 13.3 Å². The molecule has 0 spiro atoms. The van der Waals surface area contributed by atoms with Gasteiger partial charge >= 0.3 is 0 Å². The largest absolute Gasteiger partial charge is 0.377 e. The first kappa shape index (κ1) is 12.7. The van der Waals surface area contributed by atoms with Crippen molar-refractivity contribution in [1.29, 1.82) is 0 Å². The molecule has 0 aliphatic rings. The van der Waals surface area contributed by atoms with Gasteiger partial charge in [0.2, 0.25) is 0 Å². The van der Waals surface area contributed by atoms with E-state index in [2.05, 4.69) is 6.92 Å². The minimum absolute atomic E-state index is 0.0592. The van der Waals surface area contributed by atoms with Crippen molar-refractivity contribution >= 4 is 23.1 Å². The zero-order valence-electron chi connectivity index (χ0n) is 9.03. The normalized spacial score (nSPS) is 13.0. The topological polar surface area (TPSA) is 31.2 Å². The molecular weight excluding hydrogens is 234 g/mol. The third kappa shape index (κ3) is 3.97. The molecular formula is C10H16ClNO2S. The number of ether oxygens (including phenoxy) is 1. The second-order valence-electron chi connectivity index (χ2n) is 3.47. The molecule has 0 radical (unpaired) electrons. The van der Waals surface area contributed by atoms with Crippen LogP contribution in [0.2, 0.25) is 5.02 Å². The van der Waals surface area contributed by atoms with Crippen molar-refractivity contribution in [2.24, 2.45) is 0 Å². The van der Waals surface area contributed by atoms with E-state index in [9.17, 15) is 4.79 Å². The maximum absolute atomic E-state index is 11.4. The Hall–Kier alpha value is -0.320. The maximum atomic E-state index is 11.4. The van der Waals surface area contributed by atoms with Crippen LogP contribution in [0.1, 0.15) is 26.7 Å². The van der Waals surface area contributed by atoms with Gasteiger partial charge in [-0.15, -0.1) is 0 Å². The monoisotopic (exact) mass is 249 g/mol. The SMILES string of the molecule is CCCCOC(C)Cn1scc(Cl)c1=O. The minimum Gasteiger partial charge on any atom is -0.377 e. The predicted molar refractivity (Wildman–Crippen MR) is 63.9 cm³/mol. The molecule has 5 heteroatoms. The van der Waals surface area contributed by atoms with E-state index >= 15 is 0 Å². The van der Waals surface area contributed by atoms with Gasteiger partial charge in [-0.25, -0.2) is 0 Å². The van der Waals surface area contributed by atoms with E-state index in [1.54, 1.807) is 9.34 Å². The molecule has 1 atom stereocenters. The van der Waals surface area contributed by atoms with Gasteiger partial charge in [0.15, 0.2) is 0 Å². The molecule has 0 aromatic carbocycles. The fourth-order valence-corrected chi connectivity index (χ4v) is 2.25.